The minimum absolute atomic E-state index is 0.0948. The van der Waals surface area contributed by atoms with Gasteiger partial charge in [0.25, 0.3) is 5.69 Å². The van der Waals surface area contributed by atoms with E-state index >= 15 is 0 Å². The molecule has 2 rings (SSSR count). The lowest BCUT2D eigenvalue weighted by atomic mass is 10.2. The van der Waals surface area contributed by atoms with Gasteiger partial charge in [-0.15, -0.1) is 0 Å². The quantitative estimate of drug-likeness (QED) is 0.519. The summed E-state index contributed by atoms with van der Waals surface area (Å²) in [5.41, 5.74) is 0.465. The zero-order valence-corrected chi connectivity index (χ0v) is 10.4. The Morgan fingerprint density at radius 3 is 2.79 bits per heavy atom. The lowest BCUT2D eigenvalue weighted by molar-refractivity contribution is -0.383. The minimum Gasteiger partial charge on any atom is -0.495 e. The number of esters is 1. The van der Waals surface area contributed by atoms with Crippen LogP contribution in [0.5, 0.6) is 5.75 Å². The zero-order valence-electron chi connectivity index (χ0n) is 10.4. The maximum absolute atomic E-state index is 11.6. The van der Waals surface area contributed by atoms with Crippen molar-refractivity contribution >= 4 is 22.6 Å². The molecule has 19 heavy (non-hydrogen) atoms. The van der Waals surface area contributed by atoms with Crippen LogP contribution in [-0.2, 0) is 4.74 Å². The summed E-state index contributed by atoms with van der Waals surface area (Å²) in [5.74, 6) is -0.133. The van der Waals surface area contributed by atoms with Crippen molar-refractivity contribution in [2.75, 3.05) is 13.7 Å². The lowest BCUT2D eigenvalue weighted by Gasteiger charge is -2.01. The van der Waals surface area contributed by atoms with Gasteiger partial charge in [-0.3, -0.25) is 10.1 Å². The van der Waals surface area contributed by atoms with Crippen LogP contribution in [0.15, 0.2) is 18.2 Å². The van der Waals surface area contributed by atoms with Gasteiger partial charge in [-0.2, -0.15) is 0 Å². The van der Waals surface area contributed by atoms with Crippen LogP contribution < -0.4 is 4.74 Å². The molecular weight excluding hydrogens is 252 g/mol. The van der Waals surface area contributed by atoms with E-state index in [-0.39, 0.29) is 18.0 Å². The van der Waals surface area contributed by atoms with E-state index in [1.807, 2.05) is 0 Å². The second-order valence-electron chi connectivity index (χ2n) is 3.74. The zero-order chi connectivity index (χ0) is 14.0. The summed E-state index contributed by atoms with van der Waals surface area (Å²) in [4.78, 5) is 24.9. The van der Waals surface area contributed by atoms with Crippen LogP contribution in [0.4, 0.5) is 5.69 Å². The summed E-state index contributed by atoms with van der Waals surface area (Å²) in [5, 5.41) is 11.3. The van der Waals surface area contributed by atoms with Gasteiger partial charge in [-0.05, 0) is 19.1 Å². The Morgan fingerprint density at radius 2 is 2.21 bits per heavy atom. The van der Waals surface area contributed by atoms with Crippen LogP contribution in [0, 0.1) is 10.1 Å². The molecule has 2 aromatic rings. The molecule has 1 heterocycles. The van der Waals surface area contributed by atoms with E-state index in [9.17, 15) is 14.9 Å². The third-order valence-corrected chi connectivity index (χ3v) is 2.64. The number of non-ortho nitro benzene ring substituents is 1. The minimum atomic E-state index is -0.560. The molecule has 1 aromatic heterocycles. The average molecular weight is 264 g/mol. The van der Waals surface area contributed by atoms with Crippen LogP contribution in [0.2, 0.25) is 0 Å². The fraction of sp³-hybridized carbons (Fsp3) is 0.250. The first kappa shape index (κ1) is 12.9. The number of nitro benzene ring substituents is 1. The first-order valence-electron chi connectivity index (χ1n) is 5.59. The molecule has 0 aliphatic heterocycles. The predicted octanol–water partition coefficient (Wildman–Crippen LogP) is 2.26. The number of H-pyrrole nitrogens is 1. The number of fused-ring (bicyclic) bond motifs is 1. The number of nitrogens with zero attached hydrogens (tertiary/aromatic N) is 1. The van der Waals surface area contributed by atoms with Crippen molar-refractivity contribution in [3.63, 3.8) is 0 Å². The first-order chi connectivity index (χ1) is 9.08. The molecular formula is C12H12N2O5. The Balaban J connectivity index is 2.64. The first-order valence-corrected chi connectivity index (χ1v) is 5.59. The number of methoxy groups -OCH3 is 1. The molecule has 1 N–H and O–H groups in total. The highest BCUT2D eigenvalue weighted by Crippen LogP contribution is 2.33. The number of ether oxygens (including phenoxy) is 2. The molecule has 0 unspecified atom stereocenters. The molecule has 1 aromatic carbocycles. The van der Waals surface area contributed by atoms with Crippen LogP contribution in [-0.4, -0.2) is 29.6 Å². The van der Waals surface area contributed by atoms with Crippen molar-refractivity contribution < 1.29 is 19.2 Å². The largest absolute Gasteiger partial charge is 0.495 e. The highest BCUT2D eigenvalue weighted by Gasteiger charge is 2.20. The molecule has 0 radical (unpaired) electrons. The van der Waals surface area contributed by atoms with Gasteiger partial charge < -0.3 is 14.5 Å². The Kier molecular flexibility index (Phi) is 3.37. The predicted molar refractivity (Wildman–Crippen MR) is 67.5 cm³/mol. The van der Waals surface area contributed by atoms with Gasteiger partial charge in [0.2, 0.25) is 0 Å². The van der Waals surface area contributed by atoms with Crippen molar-refractivity contribution in [3.8, 4) is 5.75 Å². The molecule has 0 aliphatic carbocycles. The Morgan fingerprint density at radius 1 is 1.47 bits per heavy atom. The molecule has 7 heteroatoms. The third-order valence-electron chi connectivity index (χ3n) is 2.64. The lowest BCUT2D eigenvalue weighted by Crippen LogP contribution is -2.04. The average Bonchev–Trinajstić information content (AvgIpc) is 2.82. The van der Waals surface area contributed by atoms with Crippen molar-refractivity contribution in [3.05, 3.63) is 34.0 Å². The Hall–Kier alpha value is -2.57. The Bertz CT molecular complexity index is 647. The van der Waals surface area contributed by atoms with Gasteiger partial charge in [0.1, 0.15) is 11.4 Å². The van der Waals surface area contributed by atoms with Crippen molar-refractivity contribution in [2.45, 2.75) is 6.92 Å². The van der Waals surface area contributed by atoms with Crippen LogP contribution in [0.3, 0.4) is 0 Å². The van der Waals surface area contributed by atoms with Gasteiger partial charge in [0.05, 0.1) is 29.5 Å². The van der Waals surface area contributed by atoms with Gasteiger partial charge in [-0.1, -0.05) is 0 Å². The van der Waals surface area contributed by atoms with Gasteiger partial charge in [-0.25, -0.2) is 4.79 Å². The molecule has 100 valence electrons. The molecule has 0 bridgehead atoms. The third kappa shape index (κ3) is 2.22. The number of carbonyl (C=O) groups excluding carboxylic acids is 1. The molecule has 0 saturated carbocycles. The fourth-order valence-electron chi connectivity index (χ4n) is 1.83. The molecule has 0 atom stereocenters. The molecule has 0 saturated heterocycles. The second kappa shape index (κ2) is 4.97. The highest BCUT2D eigenvalue weighted by atomic mass is 16.6. The van der Waals surface area contributed by atoms with E-state index in [0.29, 0.717) is 16.7 Å². The normalized spacial score (nSPS) is 10.4. The number of nitrogens with one attached hydrogen (secondary N) is 1. The van der Waals surface area contributed by atoms with E-state index in [0.717, 1.165) is 0 Å². The number of hydrogen-bond donors (Lipinski definition) is 1. The summed E-state index contributed by atoms with van der Waals surface area (Å²) in [6.07, 6.45) is 0. The summed E-state index contributed by atoms with van der Waals surface area (Å²) < 4.78 is 9.96. The SMILES string of the molecule is CCOC(=O)c1cc2c([N+](=O)[O-])ccc(OC)c2[nH]1. The second-order valence-corrected chi connectivity index (χ2v) is 3.74. The summed E-state index contributed by atoms with van der Waals surface area (Å²) in [6, 6.07) is 4.21. The maximum Gasteiger partial charge on any atom is 0.354 e. The fourth-order valence-corrected chi connectivity index (χ4v) is 1.83. The molecule has 0 amide bonds. The summed E-state index contributed by atoms with van der Waals surface area (Å²) >= 11 is 0. The van der Waals surface area contributed by atoms with Crippen LogP contribution in [0.1, 0.15) is 17.4 Å². The number of nitro groups is 1. The number of carbonyl (C=O) groups is 1. The standard InChI is InChI=1S/C12H12N2O5/c1-3-19-12(15)8-6-7-9(14(16)17)4-5-10(18-2)11(7)13-8/h4-6,13H,3H2,1-2H3. The molecule has 0 spiro atoms. The van der Waals surface area contributed by atoms with Crippen LogP contribution in [0.25, 0.3) is 10.9 Å². The monoisotopic (exact) mass is 264 g/mol. The number of benzene rings is 1. The van der Waals surface area contributed by atoms with E-state index in [2.05, 4.69) is 4.98 Å². The summed E-state index contributed by atoms with van der Waals surface area (Å²) in [7, 11) is 1.45. The van der Waals surface area contributed by atoms with Gasteiger partial charge in [0, 0.05) is 6.07 Å². The van der Waals surface area contributed by atoms with Crippen LogP contribution >= 0.6 is 0 Å². The van der Waals surface area contributed by atoms with Gasteiger partial charge in [0.15, 0.2) is 0 Å². The molecule has 0 aliphatic rings. The smallest absolute Gasteiger partial charge is 0.354 e. The molecule has 0 fully saturated rings. The van der Waals surface area contributed by atoms with Gasteiger partial charge >= 0.3 is 5.97 Å². The van der Waals surface area contributed by atoms with Crippen molar-refractivity contribution in [1.82, 2.24) is 4.98 Å². The maximum atomic E-state index is 11.6. The van der Waals surface area contributed by atoms with E-state index in [4.69, 9.17) is 9.47 Å². The van der Waals surface area contributed by atoms with Crippen molar-refractivity contribution in [2.24, 2.45) is 0 Å². The molecule has 7 nitrogen and oxygen atoms in total. The topological polar surface area (TPSA) is 94.5 Å². The number of rotatable bonds is 4. The number of aromatic amines is 1. The highest BCUT2D eigenvalue weighted by molar-refractivity contribution is 6.00. The number of aromatic nitrogens is 1. The van der Waals surface area contributed by atoms with Crippen molar-refractivity contribution in [1.29, 1.82) is 0 Å². The van der Waals surface area contributed by atoms with E-state index < -0.39 is 10.9 Å². The number of hydrogen-bond acceptors (Lipinski definition) is 5. The van der Waals surface area contributed by atoms with E-state index in [1.165, 1.54) is 25.3 Å². The van der Waals surface area contributed by atoms with E-state index in [1.54, 1.807) is 6.92 Å². The Labute approximate surface area is 108 Å². The summed E-state index contributed by atoms with van der Waals surface area (Å²) in [6.45, 7) is 1.91.